The van der Waals surface area contributed by atoms with Crippen molar-refractivity contribution in [1.82, 2.24) is 5.32 Å². The van der Waals surface area contributed by atoms with Gasteiger partial charge in [-0.3, -0.25) is 4.79 Å². The molecule has 2 aromatic carbocycles. The van der Waals surface area contributed by atoms with E-state index < -0.39 is 6.10 Å². The lowest BCUT2D eigenvalue weighted by atomic mass is 10.0. The molecule has 2 rings (SSSR count). The number of carbonyl (C=O) groups excluding carboxylic acids is 1. The van der Waals surface area contributed by atoms with Crippen LogP contribution in [-0.2, 0) is 11.3 Å². The SMILES string of the molecule is CCC(=O)Oc1ccc(C(O)CNC(C)(C)C)cc1NCc1ccc(OC)cc1. The predicted octanol–water partition coefficient (Wildman–Crippen LogP) is 4.04. The Kier molecular flexibility index (Phi) is 8.05. The Morgan fingerprint density at radius 1 is 1.14 bits per heavy atom. The van der Waals surface area contributed by atoms with Crippen molar-refractivity contribution in [3.8, 4) is 11.5 Å². The lowest BCUT2D eigenvalue weighted by molar-refractivity contribution is -0.133. The van der Waals surface area contributed by atoms with E-state index in [0.29, 0.717) is 24.5 Å². The Morgan fingerprint density at radius 2 is 1.83 bits per heavy atom. The van der Waals surface area contributed by atoms with Crippen LogP contribution in [0.4, 0.5) is 5.69 Å². The van der Waals surface area contributed by atoms with Gasteiger partial charge < -0.3 is 25.2 Å². The highest BCUT2D eigenvalue weighted by atomic mass is 16.5. The van der Waals surface area contributed by atoms with Gasteiger partial charge in [-0.25, -0.2) is 0 Å². The molecule has 0 aliphatic carbocycles. The summed E-state index contributed by atoms with van der Waals surface area (Å²) in [6, 6.07) is 13.1. The second kappa shape index (κ2) is 10.3. The van der Waals surface area contributed by atoms with Crippen molar-refractivity contribution in [2.45, 2.75) is 52.3 Å². The number of aliphatic hydroxyl groups excluding tert-OH is 1. The molecule has 0 saturated carbocycles. The molecule has 1 atom stereocenters. The molecule has 6 heteroatoms. The van der Waals surface area contributed by atoms with Crippen molar-refractivity contribution in [2.75, 3.05) is 19.0 Å². The van der Waals surface area contributed by atoms with E-state index in [1.807, 2.05) is 30.3 Å². The molecule has 0 amide bonds. The minimum atomic E-state index is -0.674. The van der Waals surface area contributed by atoms with Crippen LogP contribution in [0.3, 0.4) is 0 Å². The molecule has 6 nitrogen and oxygen atoms in total. The molecule has 0 heterocycles. The largest absolute Gasteiger partial charge is 0.497 e. The van der Waals surface area contributed by atoms with Gasteiger partial charge in [-0.2, -0.15) is 0 Å². The van der Waals surface area contributed by atoms with Crippen molar-refractivity contribution in [3.05, 3.63) is 53.6 Å². The van der Waals surface area contributed by atoms with E-state index in [2.05, 4.69) is 31.4 Å². The van der Waals surface area contributed by atoms with Gasteiger partial charge in [0.05, 0.1) is 18.9 Å². The average Bonchev–Trinajstić information content (AvgIpc) is 2.70. The average molecular weight is 401 g/mol. The zero-order valence-corrected chi connectivity index (χ0v) is 17.9. The van der Waals surface area contributed by atoms with Crippen molar-refractivity contribution in [1.29, 1.82) is 0 Å². The first-order valence-corrected chi connectivity index (χ1v) is 9.86. The molecule has 0 saturated heterocycles. The zero-order chi connectivity index (χ0) is 21.4. The highest BCUT2D eigenvalue weighted by Gasteiger charge is 2.16. The minimum Gasteiger partial charge on any atom is -0.497 e. The molecule has 29 heavy (non-hydrogen) atoms. The Balaban J connectivity index is 2.18. The number of esters is 1. The first kappa shape index (κ1) is 22.7. The lowest BCUT2D eigenvalue weighted by Crippen LogP contribution is -2.38. The molecular weight excluding hydrogens is 368 g/mol. The monoisotopic (exact) mass is 400 g/mol. The van der Waals surface area contributed by atoms with Crippen molar-refractivity contribution in [3.63, 3.8) is 0 Å². The van der Waals surface area contributed by atoms with Crippen LogP contribution in [0.2, 0.25) is 0 Å². The van der Waals surface area contributed by atoms with E-state index in [-0.39, 0.29) is 17.9 Å². The van der Waals surface area contributed by atoms with Gasteiger partial charge in [0.25, 0.3) is 0 Å². The molecule has 0 spiro atoms. The summed E-state index contributed by atoms with van der Waals surface area (Å²) >= 11 is 0. The summed E-state index contributed by atoms with van der Waals surface area (Å²) < 4.78 is 10.6. The molecule has 0 radical (unpaired) electrons. The van der Waals surface area contributed by atoms with Crippen LogP contribution in [0, 0.1) is 0 Å². The molecule has 0 fully saturated rings. The van der Waals surface area contributed by atoms with Crippen LogP contribution < -0.4 is 20.1 Å². The van der Waals surface area contributed by atoms with Crippen molar-refractivity contribution < 1.29 is 19.4 Å². The van der Waals surface area contributed by atoms with Crippen LogP contribution in [0.5, 0.6) is 11.5 Å². The first-order valence-electron chi connectivity index (χ1n) is 9.86. The maximum absolute atomic E-state index is 11.8. The van der Waals surface area contributed by atoms with Crippen molar-refractivity contribution in [2.24, 2.45) is 0 Å². The number of anilines is 1. The summed E-state index contributed by atoms with van der Waals surface area (Å²) in [5.74, 6) is 0.938. The van der Waals surface area contributed by atoms with E-state index >= 15 is 0 Å². The summed E-state index contributed by atoms with van der Waals surface area (Å²) in [5, 5.41) is 17.2. The Bertz CT molecular complexity index is 798. The third-order valence-electron chi connectivity index (χ3n) is 4.37. The Morgan fingerprint density at radius 3 is 2.41 bits per heavy atom. The summed E-state index contributed by atoms with van der Waals surface area (Å²) in [5.41, 5.74) is 2.37. The predicted molar refractivity (Wildman–Crippen MR) is 115 cm³/mol. The fourth-order valence-electron chi connectivity index (χ4n) is 2.64. The van der Waals surface area contributed by atoms with Gasteiger partial charge >= 0.3 is 5.97 Å². The normalized spacial score (nSPS) is 12.3. The van der Waals surface area contributed by atoms with Gasteiger partial charge in [0.1, 0.15) is 5.75 Å². The number of hydrogen-bond acceptors (Lipinski definition) is 6. The summed E-state index contributed by atoms with van der Waals surface area (Å²) in [6.45, 7) is 8.87. The number of hydrogen-bond donors (Lipinski definition) is 3. The van der Waals surface area contributed by atoms with Gasteiger partial charge in [-0.05, 0) is 56.2 Å². The molecule has 0 aliphatic rings. The molecule has 1 unspecified atom stereocenters. The number of benzene rings is 2. The van der Waals surface area contributed by atoms with E-state index in [4.69, 9.17) is 9.47 Å². The summed E-state index contributed by atoms with van der Waals surface area (Å²) in [7, 11) is 1.63. The third-order valence-corrected chi connectivity index (χ3v) is 4.37. The second-order valence-electron chi connectivity index (χ2n) is 7.93. The Hall–Kier alpha value is -2.57. The van der Waals surface area contributed by atoms with Crippen LogP contribution in [0.25, 0.3) is 0 Å². The topological polar surface area (TPSA) is 79.8 Å². The smallest absolute Gasteiger partial charge is 0.310 e. The van der Waals surface area contributed by atoms with Gasteiger partial charge in [0.2, 0.25) is 0 Å². The van der Waals surface area contributed by atoms with Gasteiger partial charge in [-0.1, -0.05) is 25.1 Å². The lowest BCUT2D eigenvalue weighted by Gasteiger charge is -2.23. The highest BCUT2D eigenvalue weighted by molar-refractivity contribution is 5.75. The second-order valence-corrected chi connectivity index (χ2v) is 7.93. The highest BCUT2D eigenvalue weighted by Crippen LogP contribution is 2.29. The molecule has 0 bridgehead atoms. The van der Waals surface area contributed by atoms with E-state index in [0.717, 1.165) is 16.9 Å². The molecular formula is C23H32N2O4. The summed E-state index contributed by atoms with van der Waals surface area (Å²) in [4.78, 5) is 11.8. The van der Waals surface area contributed by atoms with E-state index in [1.165, 1.54) is 0 Å². The van der Waals surface area contributed by atoms with Crippen LogP contribution >= 0.6 is 0 Å². The maximum atomic E-state index is 11.8. The standard InChI is InChI=1S/C23H32N2O4/c1-6-22(27)29-21-12-9-17(20(26)15-25-23(2,3)4)13-19(21)24-14-16-7-10-18(28-5)11-8-16/h7-13,20,24-26H,6,14-15H2,1-5H3. The molecule has 2 aromatic rings. The molecule has 0 aromatic heterocycles. The number of ether oxygens (including phenoxy) is 2. The zero-order valence-electron chi connectivity index (χ0n) is 17.9. The third kappa shape index (κ3) is 7.40. The number of carbonyl (C=O) groups is 1. The number of aliphatic hydroxyl groups is 1. The summed E-state index contributed by atoms with van der Waals surface area (Å²) in [6.07, 6.45) is -0.385. The molecule has 0 aliphatic heterocycles. The van der Waals surface area contributed by atoms with Gasteiger partial charge in [-0.15, -0.1) is 0 Å². The van der Waals surface area contributed by atoms with Crippen LogP contribution in [-0.4, -0.2) is 30.3 Å². The Labute approximate surface area is 173 Å². The number of nitrogens with one attached hydrogen (secondary N) is 2. The van der Waals surface area contributed by atoms with Crippen molar-refractivity contribution >= 4 is 11.7 Å². The first-order chi connectivity index (χ1) is 13.7. The minimum absolute atomic E-state index is 0.0903. The number of rotatable bonds is 9. The van der Waals surface area contributed by atoms with Crippen LogP contribution in [0.15, 0.2) is 42.5 Å². The van der Waals surface area contributed by atoms with E-state index in [9.17, 15) is 9.90 Å². The number of β-amino-alcohol motifs (C(OH)–C–C–N with tert-alkyl or cyclic N) is 1. The fraction of sp³-hybridized carbons (Fsp3) is 0.435. The van der Waals surface area contributed by atoms with Crippen LogP contribution in [0.1, 0.15) is 51.3 Å². The quantitative estimate of drug-likeness (QED) is 0.435. The fourth-order valence-corrected chi connectivity index (χ4v) is 2.64. The maximum Gasteiger partial charge on any atom is 0.310 e. The van der Waals surface area contributed by atoms with Gasteiger partial charge in [0.15, 0.2) is 5.75 Å². The molecule has 3 N–H and O–H groups in total. The molecule has 158 valence electrons. The van der Waals surface area contributed by atoms with Gasteiger partial charge in [0, 0.05) is 25.0 Å². The van der Waals surface area contributed by atoms with E-state index in [1.54, 1.807) is 26.2 Å². The number of methoxy groups -OCH3 is 1.